The second kappa shape index (κ2) is 4.50. The van der Waals surface area contributed by atoms with Gasteiger partial charge in [0.05, 0.1) is 6.42 Å². The van der Waals surface area contributed by atoms with E-state index < -0.39 is 17.8 Å². The lowest BCUT2D eigenvalue weighted by molar-refractivity contribution is -0.137. The third-order valence-electron chi connectivity index (χ3n) is 2.53. The topological polar surface area (TPSA) is 78.4 Å². The Kier molecular flexibility index (Phi) is 3.06. The van der Waals surface area contributed by atoms with E-state index in [4.69, 9.17) is 5.11 Å². The second-order valence-electron chi connectivity index (χ2n) is 3.75. The number of carbonyl (C=O) groups excluding carboxylic acids is 1. The number of hydrogen-bond acceptors (Lipinski definition) is 3. The lowest BCUT2D eigenvalue weighted by Crippen LogP contribution is -2.29. The first-order valence-corrected chi connectivity index (χ1v) is 5.13. The Labute approximate surface area is 96.6 Å². The summed E-state index contributed by atoms with van der Waals surface area (Å²) in [6, 6.07) is 3.42. The Bertz CT molecular complexity index is 476. The molecular weight excluding hydrogens is 227 g/mol. The maximum atomic E-state index is 12.9. The van der Waals surface area contributed by atoms with Crippen molar-refractivity contribution in [3.63, 3.8) is 0 Å². The van der Waals surface area contributed by atoms with Gasteiger partial charge in [-0.3, -0.25) is 9.59 Å². The van der Waals surface area contributed by atoms with Crippen LogP contribution in [-0.2, 0) is 9.59 Å². The predicted octanol–water partition coefficient (Wildman–Crippen LogP) is 0.883. The van der Waals surface area contributed by atoms with Gasteiger partial charge in [-0.05, 0) is 12.1 Å². The van der Waals surface area contributed by atoms with Crippen LogP contribution in [0.1, 0.15) is 18.0 Å². The zero-order valence-corrected chi connectivity index (χ0v) is 8.87. The highest BCUT2D eigenvalue weighted by molar-refractivity contribution is 6.02. The number of nitrogens with one attached hydrogen (secondary N) is 2. The molecule has 0 saturated carbocycles. The van der Waals surface area contributed by atoms with E-state index in [1.165, 1.54) is 18.2 Å². The number of amides is 1. The molecule has 17 heavy (non-hydrogen) atoms. The van der Waals surface area contributed by atoms with Crippen molar-refractivity contribution in [1.82, 2.24) is 5.32 Å². The highest BCUT2D eigenvalue weighted by Gasteiger charge is 2.30. The van der Waals surface area contributed by atoms with Crippen LogP contribution >= 0.6 is 0 Å². The third kappa shape index (κ3) is 2.42. The molecule has 1 aromatic carbocycles. The average Bonchev–Trinajstić information content (AvgIpc) is 2.54. The fourth-order valence-electron chi connectivity index (χ4n) is 1.76. The smallest absolute Gasteiger partial charge is 0.304 e. The van der Waals surface area contributed by atoms with E-state index in [9.17, 15) is 14.0 Å². The normalized spacial score (nSPS) is 17.7. The highest BCUT2D eigenvalue weighted by atomic mass is 19.1. The Morgan fingerprint density at radius 3 is 3.00 bits per heavy atom. The maximum Gasteiger partial charge on any atom is 0.304 e. The first-order chi connectivity index (χ1) is 8.08. The third-order valence-corrected chi connectivity index (χ3v) is 2.53. The minimum absolute atomic E-state index is 0.0691. The van der Waals surface area contributed by atoms with E-state index in [1.54, 1.807) is 0 Å². The monoisotopic (exact) mass is 238 g/mol. The van der Waals surface area contributed by atoms with Crippen LogP contribution in [0, 0.1) is 5.82 Å². The number of benzene rings is 1. The van der Waals surface area contributed by atoms with E-state index in [0.29, 0.717) is 11.3 Å². The van der Waals surface area contributed by atoms with Crippen LogP contribution in [0.25, 0.3) is 0 Å². The standard InChI is InChI=1S/C11H11FN2O3/c12-6-1-2-7-8(5-6)14-11(17)10(7)13-4-3-9(15)16/h1-2,5,10,13H,3-4H2,(H,14,17)(H,15,16). The van der Waals surface area contributed by atoms with Gasteiger partial charge in [0.2, 0.25) is 5.91 Å². The molecule has 0 bridgehead atoms. The molecule has 0 radical (unpaired) electrons. The Morgan fingerprint density at radius 2 is 2.29 bits per heavy atom. The predicted molar refractivity (Wildman–Crippen MR) is 58.0 cm³/mol. The maximum absolute atomic E-state index is 12.9. The molecule has 1 aliphatic heterocycles. The fraction of sp³-hybridized carbons (Fsp3) is 0.273. The van der Waals surface area contributed by atoms with Crippen molar-refractivity contribution >= 4 is 17.6 Å². The van der Waals surface area contributed by atoms with Crippen LogP contribution in [0.5, 0.6) is 0 Å². The summed E-state index contributed by atoms with van der Waals surface area (Å²) < 4.78 is 12.9. The quantitative estimate of drug-likeness (QED) is 0.727. The zero-order valence-electron chi connectivity index (χ0n) is 8.87. The molecule has 0 aromatic heterocycles. The minimum Gasteiger partial charge on any atom is -0.481 e. The molecule has 1 heterocycles. The Balaban J connectivity index is 2.09. The van der Waals surface area contributed by atoms with Gasteiger partial charge < -0.3 is 15.7 Å². The summed E-state index contributed by atoms with van der Waals surface area (Å²) in [5.74, 6) is -1.65. The van der Waals surface area contributed by atoms with Gasteiger partial charge >= 0.3 is 5.97 Å². The van der Waals surface area contributed by atoms with Gasteiger partial charge in [0.25, 0.3) is 0 Å². The van der Waals surface area contributed by atoms with Gasteiger partial charge in [-0.15, -0.1) is 0 Å². The number of halogens is 1. The SMILES string of the molecule is O=C(O)CCNC1C(=O)Nc2cc(F)ccc21. The summed E-state index contributed by atoms with van der Waals surface area (Å²) in [6.07, 6.45) is -0.0691. The summed E-state index contributed by atoms with van der Waals surface area (Å²) in [4.78, 5) is 21.9. The van der Waals surface area contributed by atoms with Gasteiger partial charge in [0, 0.05) is 17.8 Å². The molecule has 3 N–H and O–H groups in total. The summed E-state index contributed by atoms with van der Waals surface area (Å²) >= 11 is 0. The molecular formula is C11H11FN2O3. The molecule has 1 amide bonds. The number of carbonyl (C=O) groups is 2. The summed E-state index contributed by atoms with van der Waals surface area (Å²) in [7, 11) is 0. The summed E-state index contributed by atoms with van der Waals surface area (Å²) in [5.41, 5.74) is 1.07. The summed E-state index contributed by atoms with van der Waals surface area (Å²) in [6.45, 7) is 0.185. The zero-order chi connectivity index (χ0) is 12.4. The molecule has 5 nitrogen and oxygen atoms in total. The molecule has 0 spiro atoms. The summed E-state index contributed by atoms with van der Waals surface area (Å²) in [5, 5.41) is 13.9. The molecule has 2 rings (SSSR count). The molecule has 1 atom stereocenters. The van der Waals surface area contributed by atoms with Crippen LogP contribution in [0.4, 0.5) is 10.1 Å². The average molecular weight is 238 g/mol. The van der Waals surface area contributed by atoms with E-state index in [0.717, 1.165) is 0 Å². The van der Waals surface area contributed by atoms with E-state index >= 15 is 0 Å². The van der Waals surface area contributed by atoms with E-state index in [2.05, 4.69) is 10.6 Å². The number of carboxylic acid groups (broad SMARTS) is 1. The number of fused-ring (bicyclic) bond motifs is 1. The van der Waals surface area contributed by atoms with Crippen LogP contribution in [-0.4, -0.2) is 23.5 Å². The van der Waals surface area contributed by atoms with Gasteiger partial charge in [0.1, 0.15) is 11.9 Å². The molecule has 0 aliphatic carbocycles. The number of rotatable bonds is 4. The van der Waals surface area contributed by atoms with Gasteiger partial charge in [-0.25, -0.2) is 4.39 Å². The minimum atomic E-state index is -0.935. The molecule has 1 aromatic rings. The first kappa shape index (κ1) is 11.5. The second-order valence-corrected chi connectivity index (χ2v) is 3.75. The first-order valence-electron chi connectivity index (χ1n) is 5.13. The Hall–Kier alpha value is -1.95. The van der Waals surface area contributed by atoms with Gasteiger partial charge in [0.15, 0.2) is 0 Å². The van der Waals surface area contributed by atoms with Crippen LogP contribution in [0.15, 0.2) is 18.2 Å². The number of hydrogen-bond donors (Lipinski definition) is 3. The number of aliphatic carboxylic acids is 1. The molecule has 1 unspecified atom stereocenters. The fourth-order valence-corrected chi connectivity index (χ4v) is 1.76. The number of carboxylic acids is 1. The van der Waals surface area contributed by atoms with Crippen LogP contribution < -0.4 is 10.6 Å². The lowest BCUT2D eigenvalue weighted by atomic mass is 10.1. The van der Waals surface area contributed by atoms with Crippen molar-refractivity contribution < 1.29 is 19.1 Å². The van der Waals surface area contributed by atoms with Crippen molar-refractivity contribution in [1.29, 1.82) is 0 Å². The molecule has 0 saturated heterocycles. The van der Waals surface area contributed by atoms with Crippen molar-refractivity contribution in [2.24, 2.45) is 0 Å². The molecule has 1 aliphatic rings. The van der Waals surface area contributed by atoms with Crippen molar-refractivity contribution in [3.05, 3.63) is 29.6 Å². The lowest BCUT2D eigenvalue weighted by Gasteiger charge is -2.09. The van der Waals surface area contributed by atoms with Crippen LogP contribution in [0.3, 0.4) is 0 Å². The number of anilines is 1. The van der Waals surface area contributed by atoms with E-state index in [1.807, 2.05) is 0 Å². The Morgan fingerprint density at radius 1 is 1.53 bits per heavy atom. The highest BCUT2D eigenvalue weighted by Crippen LogP contribution is 2.30. The van der Waals surface area contributed by atoms with Gasteiger partial charge in [-0.1, -0.05) is 6.07 Å². The molecule has 90 valence electrons. The van der Waals surface area contributed by atoms with E-state index in [-0.39, 0.29) is 18.9 Å². The largest absolute Gasteiger partial charge is 0.481 e. The van der Waals surface area contributed by atoms with Crippen molar-refractivity contribution in [3.8, 4) is 0 Å². The van der Waals surface area contributed by atoms with Gasteiger partial charge in [-0.2, -0.15) is 0 Å². The van der Waals surface area contributed by atoms with Crippen molar-refractivity contribution in [2.75, 3.05) is 11.9 Å². The molecule has 0 fully saturated rings. The molecule has 6 heteroatoms. The van der Waals surface area contributed by atoms with Crippen molar-refractivity contribution in [2.45, 2.75) is 12.5 Å². The van der Waals surface area contributed by atoms with Crippen LogP contribution in [0.2, 0.25) is 0 Å².